The molecule has 2 aliphatic rings. The van der Waals surface area contributed by atoms with E-state index in [1.54, 1.807) is 25.2 Å². The number of hydrogen-bond donors (Lipinski definition) is 1. The van der Waals surface area contributed by atoms with E-state index in [-0.39, 0.29) is 24.1 Å². The van der Waals surface area contributed by atoms with Crippen LogP contribution in [0.4, 0.5) is 5.82 Å². The third-order valence-electron chi connectivity index (χ3n) is 6.07. The Balaban J connectivity index is 1.27. The summed E-state index contributed by atoms with van der Waals surface area (Å²) in [6.07, 6.45) is 3.28. The van der Waals surface area contributed by atoms with Gasteiger partial charge in [0.2, 0.25) is 0 Å². The van der Waals surface area contributed by atoms with Crippen molar-refractivity contribution in [2.45, 2.75) is 18.9 Å². The van der Waals surface area contributed by atoms with Crippen molar-refractivity contribution in [3.8, 4) is 29.1 Å². The third-order valence-corrected chi connectivity index (χ3v) is 6.07. The first-order valence-electron chi connectivity index (χ1n) is 12.1. The van der Waals surface area contributed by atoms with Crippen LogP contribution in [0, 0.1) is 17.8 Å². The molecule has 9 heteroatoms. The molecule has 0 bridgehead atoms. The number of nitrogens with zero attached hydrogens (tertiary/aromatic N) is 3. The summed E-state index contributed by atoms with van der Waals surface area (Å²) in [5.41, 5.74) is 0.671. The normalized spacial score (nSPS) is 17.5. The van der Waals surface area contributed by atoms with Gasteiger partial charge in [-0.05, 0) is 49.1 Å². The molecule has 1 aromatic carbocycles. The van der Waals surface area contributed by atoms with Gasteiger partial charge in [0.05, 0.1) is 0 Å². The molecule has 2 amide bonds. The highest BCUT2D eigenvalue weighted by molar-refractivity contribution is 6.02. The van der Waals surface area contributed by atoms with E-state index in [2.05, 4.69) is 27.1 Å². The van der Waals surface area contributed by atoms with Crippen molar-refractivity contribution >= 4 is 17.6 Å². The van der Waals surface area contributed by atoms with Gasteiger partial charge >= 0.3 is 0 Å². The van der Waals surface area contributed by atoms with Crippen molar-refractivity contribution < 1.29 is 23.8 Å². The Hall–Kier alpha value is -4.42. The molecule has 1 saturated heterocycles. The van der Waals surface area contributed by atoms with E-state index in [0.717, 1.165) is 26.1 Å². The van der Waals surface area contributed by atoms with Gasteiger partial charge in [-0.3, -0.25) is 19.5 Å². The molecule has 2 aromatic heterocycles. The van der Waals surface area contributed by atoms with E-state index < -0.39 is 11.9 Å². The Kier molecular flexibility index (Phi) is 7.28. The molecule has 1 N–H and O–H groups in total. The van der Waals surface area contributed by atoms with Crippen LogP contribution >= 0.6 is 0 Å². The van der Waals surface area contributed by atoms with Gasteiger partial charge in [-0.15, -0.1) is 0 Å². The van der Waals surface area contributed by atoms with Gasteiger partial charge in [-0.1, -0.05) is 24.1 Å². The molecule has 1 fully saturated rings. The van der Waals surface area contributed by atoms with Crippen LogP contribution in [0.5, 0.6) is 17.2 Å². The van der Waals surface area contributed by atoms with Gasteiger partial charge in [0.25, 0.3) is 11.8 Å². The lowest BCUT2D eigenvalue weighted by molar-refractivity contribution is -0.120. The molecule has 2 aliphatic heterocycles. The highest BCUT2D eigenvalue weighted by atomic mass is 16.5. The molecule has 0 saturated carbocycles. The molecule has 188 valence electrons. The first-order valence-corrected chi connectivity index (χ1v) is 12.1. The van der Waals surface area contributed by atoms with E-state index in [9.17, 15) is 9.59 Å². The van der Waals surface area contributed by atoms with Gasteiger partial charge in [0.1, 0.15) is 35.5 Å². The number of hydrogen-bond acceptors (Lipinski definition) is 7. The first kappa shape index (κ1) is 24.3. The van der Waals surface area contributed by atoms with Crippen molar-refractivity contribution in [3.05, 3.63) is 72.2 Å². The molecule has 3 aromatic rings. The summed E-state index contributed by atoms with van der Waals surface area (Å²) < 4.78 is 17.0. The number of carbonyl (C=O) groups is 2. The maximum absolute atomic E-state index is 13.2. The van der Waals surface area contributed by atoms with Crippen molar-refractivity contribution in [1.82, 2.24) is 15.3 Å². The quantitative estimate of drug-likeness (QED) is 0.551. The van der Waals surface area contributed by atoms with Crippen LogP contribution in [0.1, 0.15) is 29.0 Å². The van der Waals surface area contributed by atoms with Gasteiger partial charge in [-0.25, -0.2) is 4.98 Å². The molecule has 37 heavy (non-hydrogen) atoms. The second kappa shape index (κ2) is 11.1. The molecular formula is C28H26N4O5. The van der Waals surface area contributed by atoms with Gasteiger partial charge < -0.3 is 19.5 Å². The number of aromatic nitrogens is 2. The zero-order chi connectivity index (χ0) is 25.6. The van der Waals surface area contributed by atoms with E-state index in [1.165, 1.54) is 17.2 Å². The molecule has 1 unspecified atom stereocenters. The fourth-order valence-corrected chi connectivity index (χ4v) is 4.02. The monoisotopic (exact) mass is 498 g/mol. The number of amides is 2. The van der Waals surface area contributed by atoms with Crippen molar-refractivity contribution in [2.24, 2.45) is 5.92 Å². The third kappa shape index (κ3) is 5.88. The Bertz CT molecular complexity index is 1350. The summed E-state index contributed by atoms with van der Waals surface area (Å²) in [6, 6.07) is 15.0. The molecular weight excluding hydrogens is 472 g/mol. The second-order valence-corrected chi connectivity index (χ2v) is 8.70. The summed E-state index contributed by atoms with van der Waals surface area (Å²) in [6.45, 7) is 1.39. The standard InChI is InChI=1S/C28H26N4O5/c1-32-26-25(10-9-20(30-26)8-7-19-12-15-35-16-13-19)36-18-24(28(32)34)31-27(33)23-17-22(11-14-29-23)37-21-5-3-2-4-6-21/h2-6,9-11,14,17,19,24H,12-13,15-16,18H2,1H3,(H,31,33). The minimum absolute atomic E-state index is 0.0447. The number of nitrogens with one attached hydrogen (secondary N) is 1. The average Bonchev–Trinajstić information content (AvgIpc) is 3.05. The van der Waals surface area contributed by atoms with E-state index in [4.69, 9.17) is 14.2 Å². The Morgan fingerprint density at radius 3 is 2.73 bits per heavy atom. The maximum atomic E-state index is 13.2. The summed E-state index contributed by atoms with van der Waals surface area (Å²) in [5, 5.41) is 2.72. The number of rotatable bonds is 4. The van der Waals surface area contributed by atoms with Crippen LogP contribution in [0.3, 0.4) is 0 Å². The lowest BCUT2D eigenvalue weighted by Gasteiger charge is -2.19. The maximum Gasteiger partial charge on any atom is 0.270 e. The summed E-state index contributed by atoms with van der Waals surface area (Å²) in [5.74, 6) is 7.65. The number of benzene rings is 1. The fraction of sp³-hybridized carbons (Fsp3) is 0.286. The molecule has 5 rings (SSSR count). The highest BCUT2D eigenvalue weighted by Gasteiger charge is 2.32. The molecule has 0 aliphatic carbocycles. The van der Waals surface area contributed by atoms with Crippen molar-refractivity contribution in [3.63, 3.8) is 0 Å². The minimum atomic E-state index is -0.927. The summed E-state index contributed by atoms with van der Waals surface area (Å²) >= 11 is 0. The molecule has 1 atom stereocenters. The van der Waals surface area contributed by atoms with Crippen molar-refractivity contribution in [2.75, 3.05) is 31.8 Å². The summed E-state index contributed by atoms with van der Waals surface area (Å²) in [4.78, 5) is 36.2. The first-order chi connectivity index (χ1) is 18.1. The van der Waals surface area contributed by atoms with Gasteiger partial charge in [0.15, 0.2) is 11.6 Å². The number of ether oxygens (including phenoxy) is 3. The Morgan fingerprint density at radius 1 is 1.11 bits per heavy atom. The van der Waals surface area contributed by atoms with Crippen LogP contribution in [0.2, 0.25) is 0 Å². The predicted molar refractivity (Wildman–Crippen MR) is 136 cm³/mol. The van der Waals surface area contributed by atoms with Crippen LogP contribution < -0.4 is 19.7 Å². The Morgan fingerprint density at radius 2 is 1.92 bits per heavy atom. The van der Waals surface area contributed by atoms with Crippen LogP contribution in [0.25, 0.3) is 0 Å². The second-order valence-electron chi connectivity index (χ2n) is 8.70. The van der Waals surface area contributed by atoms with Crippen molar-refractivity contribution in [1.29, 1.82) is 0 Å². The fourth-order valence-electron chi connectivity index (χ4n) is 4.02. The lowest BCUT2D eigenvalue weighted by Crippen LogP contribution is -2.49. The van der Waals surface area contributed by atoms with Crippen LogP contribution in [0.15, 0.2) is 60.8 Å². The predicted octanol–water partition coefficient (Wildman–Crippen LogP) is 3.20. The highest BCUT2D eigenvalue weighted by Crippen LogP contribution is 2.29. The van der Waals surface area contributed by atoms with Gasteiger partial charge in [-0.2, -0.15) is 0 Å². The SMILES string of the molecule is CN1C(=O)C(NC(=O)c2cc(Oc3ccccc3)ccn2)COc2ccc(C#CC3CCOCC3)nc21. The summed E-state index contributed by atoms with van der Waals surface area (Å²) in [7, 11) is 1.60. The lowest BCUT2D eigenvalue weighted by atomic mass is 10.0. The number of likely N-dealkylation sites (N-methyl/N-ethyl adjacent to an activating group) is 1. The van der Waals surface area contributed by atoms with E-state index >= 15 is 0 Å². The smallest absolute Gasteiger partial charge is 0.270 e. The van der Waals surface area contributed by atoms with E-state index in [0.29, 0.717) is 28.8 Å². The molecule has 0 radical (unpaired) electrons. The number of carbonyl (C=O) groups excluding carboxylic acids is 2. The molecule has 0 spiro atoms. The van der Waals surface area contributed by atoms with Gasteiger partial charge in [0, 0.05) is 38.4 Å². The van der Waals surface area contributed by atoms with E-state index in [1.807, 2.05) is 30.3 Å². The zero-order valence-corrected chi connectivity index (χ0v) is 20.3. The number of anilines is 1. The zero-order valence-electron chi connectivity index (χ0n) is 20.3. The number of pyridine rings is 2. The molecule has 9 nitrogen and oxygen atoms in total. The topological polar surface area (TPSA) is 103 Å². The minimum Gasteiger partial charge on any atom is -0.487 e. The van der Waals surface area contributed by atoms with Crippen LogP contribution in [-0.2, 0) is 9.53 Å². The number of para-hydroxylation sites is 1. The number of fused-ring (bicyclic) bond motifs is 1. The Labute approximate surface area is 214 Å². The van der Waals surface area contributed by atoms with Crippen LogP contribution in [-0.4, -0.2) is 54.7 Å². The largest absolute Gasteiger partial charge is 0.487 e. The average molecular weight is 499 g/mol. The molecule has 4 heterocycles.